The van der Waals surface area contributed by atoms with Gasteiger partial charge in [0.25, 0.3) is 0 Å². The second kappa shape index (κ2) is 7.55. The minimum absolute atomic E-state index is 0.324. The van der Waals surface area contributed by atoms with Crippen LogP contribution in [-0.4, -0.2) is 27.1 Å². The maximum atomic E-state index is 12.2. The van der Waals surface area contributed by atoms with Crippen LogP contribution in [0.4, 0.5) is 11.4 Å². The second-order valence-electron chi connectivity index (χ2n) is 5.28. The van der Waals surface area contributed by atoms with Crippen LogP contribution in [0.5, 0.6) is 0 Å². The molecule has 5 nitrogen and oxygen atoms in total. The third-order valence-electron chi connectivity index (χ3n) is 3.21. The molecule has 0 aliphatic carbocycles. The molecule has 24 heavy (non-hydrogen) atoms. The summed E-state index contributed by atoms with van der Waals surface area (Å²) in [4.78, 5) is 12.2. The molecule has 0 atom stereocenters. The summed E-state index contributed by atoms with van der Waals surface area (Å²) in [5.74, 6) is -0.459. The van der Waals surface area contributed by atoms with Crippen LogP contribution in [0.15, 0.2) is 46.9 Å². The number of halogens is 2. The van der Waals surface area contributed by atoms with Crippen molar-refractivity contribution in [1.82, 2.24) is 0 Å². The lowest BCUT2D eigenvalue weighted by atomic mass is 10.2. The van der Waals surface area contributed by atoms with Crippen molar-refractivity contribution in [3.63, 3.8) is 0 Å². The highest BCUT2D eigenvalue weighted by atomic mass is 79.9. The summed E-state index contributed by atoms with van der Waals surface area (Å²) < 4.78 is 25.8. The van der Waals surface area contributed by atoms with E-state index < -0.39 is 15.9 Å². The lowest BCUT2D eigenvalue weighted by Crippen LogP contribution is -2.37. The van der Waals surface area contributed by atoms with Crippen molar-refractivity contribution >= 4 is 54.8 Å². The van der Waals surface area contributed by atoms with E-state index in [9.17, 15) is 13.2 Å². The topological polar surface area (TPSA) is 66.5 Å². The maximum absolute atomic E-state index is 12.2. The molecule has 0 radical (unpaired) electrons. The fourth-order valence-electron chi connectivity index (χ4n) is 2.02. The molecule has 0 aliphatic heterocycles. The van der Waals surface area contributed by atoms with Gasteiger partial charge in [-0.05, 0) is 53.2 Å². The van der Waals surface area contributed by atoms with Crippen molar-refractivity contribution in [3.8, 4) is 0 Å². The molecular weight excluding hydrogens is 416 g/mol. The summed E-state index contributed by atoms with van der Waals surface area (Å²) in [6, 6.07) is 11.9. The first-order valence-electron chi connectivity index (χ1n) is 6.96. The molecule has 2 aromatic carbocycles. The summed E-state index contributed by atoms with van der Waals surface area (Å²) in [6.07, 6.45) is 1.07. The van der Waals surface area contributed by atoms with Gasteiger partial charge in [-0.2, -0.15) is 0 Å². The van der Waals surface area contributed by atoms with Crippen LogP contribution in [0.25, 0.3) is 0 Å². The third kappa shape index (κ3) is 4.96. The van der Waals surface area contributed by atoms with Gasteiger partial charge in [0.05, 0.1) is 17.0 Å². The number of carbonyl (C=O) groups is 1. The van der Waals surface area contributed by atoms with Crippen molar-refractivity contribution in [2.45, 2.75) is 6.92 Å². The largest absolute Gasteiger partial charge is 0.324 e. The minimum atomic E-state index is -3.59. The zero-order valence-corrected chi connectivity index (χ0v) is 16.2. The number of nitrogens with one attached hydrogen (secondary N) is 1. The van der Waals surface area contributed by atoms with Crippen LogP contribution < -0.4 is 9.62 Å². The number of rotatable bonds is 5. The van der Waals surface area contributed by atoms with Crippen LogP contribution in [0.1, 0.15) is 5.56 Å². The Morgan fingerprint density at radius 2 is 1.83 bits per heavy atom. The van der Waals surface area contributed by atoms with Gasteiger partial charge < -0.3 is 5.32 Å². The zero-order valence-electron chi connectivity index (χ0n) is 13.1. The number of nitrogens with zero attached hydrogens (tertiary/aromatic N) is 1. The standard InChI is InChI=1S/C16H16BrClN2O3S/c1-11-3-6-13(7-4-11)20(24(2,22)23)10-16(21)19-12-5-8-14(17)15(18)9-12/h3-9H,10H2,1-2H3,(H,19,21). The van der Waals surface area contributed by atoms with Crippen LogP contribution in [0.3, 0.4) is 0 Å². The average Bonchev–Trinajstić information content (AvgIpc) is 2.49. The summed E-state index contributed by atoms with van der Waals surface area (Å²) in [7, 11) is -3.59. The Kier molecular flexibility index (Phi) is 5.90. The van der Waals surface area contributed by atoms with E-state index in [4.69, 9.17) is 11.6 Å². The number of hydrogen-bond acceptors (Lipinski definition) is 3. The molecule has 0 bridgehead atoms. The molecule has 8 heteroatoms. The second-order valence-corrected chi connectivity index (χ2v) is 8.45. The predicted molar refractivity (Wildman–Crippen MR) is 101 cm³/mol. The predicted octanol–water partition coefficient (Wildman–Crippen LogP) is 3.82. The Bertz CT molecular complexity index is 854. The van der Waals surface area contributed by atoms with Gasteiger partial charge in [0, 0.05) is 10.2 Å². The van der Waals surface area contributed by atoms with E-state index in [1.165, 1.54) is 0 Å². The molecule has 0 unspecified atom stereocenters. The van der Waals surface area contributed by atoms with E-state index in [0.717, 1.165) is 16.1 Å². The fourth-order valence-corrected chi connectivity index (χ4v) is 3.30. The summed E-state index contributed by atoms with van der Waals surface area (Å²) in [5, 5.41) is 3.09. The van der Waals surface area contributed by atoms with E-state index in [-0.39, 0.29) is 6.54 Å². The molecule has 0 spiro atoms. The van der Waals surface area contributed by atoms with E-state index in [1.807, 2.05) is 6.92 Å². The van der Waals surface area contributed by atoms with Crippen LogP contribution >= 0.6 is 27.5 Å². The molecule has 1 N–H and O–H groups in total. The number of sulfonamides is 1. The van der Waals surface area contributed by atoms with Crippen LogP contribution in [-0.2, 0) is 14.8 Å². The summed E-state index contributed by atoms with van der Waals surface area (Å²) in [5.41, 5.74) is 1.93. The maximum Gasteiger partial charge on any atom is 0.245 e. The Balaban J connectivity index is 2.18. The van der Waals surface area contributed by atoms with Gasteiger partial charge >= 0.3 is 0 Å². The zero-order chi connectivity index (χ0) is 17.9. The van der Waals surface area contributed by atoms with Gasteiger partial charge in [-0.15, -0.1) is 0 Å². The number of benzene rings is 2. The number of anilines is 2. The smallest absolute Gasteiger partial charge is 0.245 e. The molecule has 0 fully saturated rings. The molecule has 2 rings (SSSR count). The Morgan fingerprint density at radius 3 is 2.38 bits per heavy atom. The lowest BCUT2D eigenvalue weighted by Gasteiger charge is -2.22. The first-order valence-corrected chi connectivity index (χ1v) is 9.98. The number of hydrogen-bond donors (Lipinski definition) is 1. The lowest BCUT2D eigenvalue weighted by molar-refractivity contribution is -0.114. The van der Waals surface area contributed by atoms with Crippen molar-refractivity contribution in [2.24, 2.45) is 0 Å². The molecule has 0 aliphatic rings. The molecule has 0 aromatic heterocycles. The molecule has 128 valence electrons. The minimum Gasteiger partial charge on any atom is -0.324 e. The number of aryl methyl sites for hydroxylation is 1. The van der Waals surface area contributed by atoms with Crippen molar-refractivity contribution in [1.29, 1.82) is 0 Å². The van der Waals surface area contributed by atoms with E-state index in [0.29, 0.717) is 20.9 Å². The van der Waals surface area contributed by atoms with Gasteiger partial charge in [-0.25, -0.2) is 8.42 Å². The van der Waals surface area contributed by atoms with Gasteiger partial charge in [-0.3, -0.25) is 9.10 Å². The highest BCUT2D eigenvalue weighted by Gasteiger charge is 2.20. The van der Waals surface area contributed by atoms with Gasteiger partial charge in [0.2, 0.25) is 15.9 Å². The first kappa shape index (κ1) is 18.8. The van der Waals surface area contributed by atoms with Crippen LogP contribution in [0, 0.1) is 6.92 Å². The highest BCUT2D eigenvalue weighted by Crippen LogP contribution is 2.25. The third-order valence-corrected chi connectivity index (χ3v) is 5.59. The van der Waals surface area contributed by atoms with E-state index in [1.54, 1.807) is 42.5 Å². The van der Waals surface area contributed by atoms with Crippen molar-refractivity contribution < 1.29 is 13.2 Å². The van der Waals surface area contributed by atoms with Crippen molar-refractivity contribution in [2.75, 3.05) is 22.4 Å². The van der Waals surface area contributed by atoms with E-state index in [2.05, 4.69) is 21.2 Å². The Morgan fingerprint density at radius 1 is 1.21 bits per heavy atom. The summed E-state index contributed by atoms with van der Waals surface area (Å²) in [6.45, 7) is 1.58. The SMILES string of the molecule is Cc1ccc(N(CC(=O)Nc2ccc(Br)c(Cl)c2)S(C)(=O)=O)cc1. The average molecular weight is 432 g/mol. The monoisotopic (exact) mass is 430 g/mol. The Labute approximate surface area is 154 Å². The quantitative estimate of drug-likeness (QED) is 0.783. The molecule has 0 heterocycles. The van der Waals surface area contributed by atoms with Crippen LogP contribution in [0.2, 0.25) is 5.02 Å². The molecule has 2 aromatic rings. The summed E-state index contributed by atoms with van der Waals surface area (Å²) >= 11 is 9.25. The number of amides is 1. The normalized spacial score (nSPS) is 11.2. The molecule has 0 saturated heterocycles. The number of carbonyl (C=O) groups excluding carboxylic acids is 1. The molecule has 0 saturated carbocycles. The first-order chi connectivity index (χ1) is 11.2. The van der Waals surface area contributed by atoms with Crippen molar-refractivity contribution in [3.05, 3.63) is 57.5 Å². The van der Waals surface area contributed by atoms with Gasteiger partial charge in [0.1, 0.15) is 6.54 Å². The van der Waals surface area contributed by atoms with Gasteiger partial charge in [0.15, 0.2) is 0 Å². The fraction of sp³-hybridized carbons (Fsp3) is 0.188. The molecule has 1 amide bonds. The van der Waals surface area contributed by atoms with Gasteiger partial charge in [-0.1, -0.05) is 29.3 Å². The Hall–Kier alpha value is -1.57. The van der Waals surface area contributed by atoms with E-state index >= 15 is 0 Å². The highest BCUT2D eigenvalue weighted by molar-refractivity contribution is 9.10. The molecular formula is C16H16BrClN2O3S.